The monoisotopic (exact) mass is 434 g/mol. The molecule has 28 heavy (non-hydrogen) atoms. The zero-order chi connectivity index (χ0) is 19.3. The highest BCUT2D eigenvalue weighted by molar-refractivity contribution is 6.99. The highest BCUT2D eigenvalue weighted by atomic mass is 35.5. The van der Waals surface area contributed by atoms with Gasteiger partial charge in [0.2, 0.25) is 5.82 Å². The second-order valence-corrected chi connectivity index (χ2v) is 8.02. The highest BCUT2D eigenvalue weighted by Gasteiger charge is 2.23. The van der Waals surface area contributed by atoms with E-state index in [0.717, 1.165) is 44.1 Å². The summed E-state index contributed by atoms with van der Waals surface area (Å²) in [6, 6.07) is 16.1. The molecule has 5 nitrogen and oxygen atoms in total. The molecule has 2 heterocycles. The molecule has 0 aliphatic carbocycles. The Kier molecular flexibility index (Phi) is 6.32. The Hall–Kier alpha value is -1.86. The predicted octanol–water partition coefficient (Wildman–Crippen LogP) is 4.75. The topological polar surface area (TPSA) is 41.5 Å². The van der Waals surface area contributed by atoms with Gasteiger partial charge in [0.25, 0.3) is 5.88 Å². The van der Waals surface area contributed by atoms with Crippen molar-refractivity contribution in [1.29, 1.82) is 0 Å². The molecule has 146 valence electrons. The van der Waals surface area contributed by atoms with E-state index in [4.69, 9.17) is 27.9 Å². The van der Waals surface area contributed by atoms with Crippen LogP contribution in [-0.2, 0) is 13.2 Å². The molecule has 8 heteroatoms. The standard InChI is InChI=1S/C20H20Cl2N4OS/c21-17-7-6-16(12-18(17)22)14-27-20-19(23-28-24-20)26-10-8-25(9-11-26)13-15-4-2-1-3-5-15/h1-7,12H,8-11,13-14H2. The number of benzene rings is 2. The summed E-state index contributed by atoms with van der Waals surface area (Å²) in [4.78, 5) is 4.71. The SMILES string of the molecule is Clc1ccc(COc2nsnc2N2CCN(Cc3ccccc3)CC2)cc1Cl. The molecule has 2 aromatic carbocycles. The molecule has 0 spiro atoms. The van der Waals surface area contributed by atoms with Crippen LogP contribution < -0.4 is 9.64 Å². The van der Waals surface area contributed by atoms with Crippen molar-refractivity contribution in [3.63, 3.8) is 0 Å². The van der Waals surface area contributed by atoms with Crippen molar-refractivity contribution >= 4 is 40.7 Å². The zero-order valence-electron chi connectivity index (χ0n) is 15.2. The van der Waals surface area contributed by atoms with Gasteiger partial charge in [-0.1, -0.05) is 59.6 Å². The van der Waals surface area contributed by atoms with Crippen LogP contribution >= 0.6 is 34.9 Å². The Balaban J connectivity index is 1.33. The van der Waals surface area contributed by atoms with E-state index in [1.54, 1.807) is 6.07 Å². The summed E-state index contributed by atoms with van der Waals surface area (Å²) in [5.74, 6) is 1.40. The molecule has 3 aromatic rings. The summed E-state index contributed by atoms with van der Waals surface area (Å²) in [7, 11) is 0. The number of rotatable bonds is 6. The third-order valence-electron chi connectivity index (χ3n) is 4.72. The summed E-state index contributed by atoms with van der Waals surface area (Å²) in [6.07, 6.45) is 0. The molecule has 0 saturated carbocycles. The van der Waals surface area contributed by atoms with Gasteiger partial charge in [-0.3, -0.25) is 4.90 Å². The third-order valence-corrected chi connectivity index (χ3v) is 5.96. The molecule has 1 saturated heterocycles. The lowest BCUT2D eigenvalue weighted by Gasteiger charge is -2.34. The first-order valence-electron chi connectivity index (χ1n) is 9.09. The van der Waals surface area contributed by atoms with Crippen molar-refractivity contribution in [3.8, 4) is 5.88 Å². The van der Waals surface area contributed by atoms with Crippen LogP contribution in [-0.4, -0.2) is 39.8 Å². The van der Waals surface area contributed by atoms with E-state index in [-0.39, 0.29) is 0 Å². The van der Waals surface area contributed by atoms with E-state index in [0.29, 0.717) is 22.5 Å². The van der Waals surface area contributed by atoms with Crippen molar-refractivity contribution in [2.75, 3.05) is 31.1 Å². The van der Waals surface area contributed by atoms with Gasteiger partial charge in [-0.05, 0) is 23.3 Å². The average molecular weight is 435 g/mol. The molecule has 0 amide bonds. The maximum absolute atomic E-state index is 6.07. The van der Waals surface area contributed by atoms with Gasteiger partial charge in [-0.25, -0.2) is 0 Å². The van der Waals surface area contributed by atoms with E-state index < -0.39 is 0 Å². The molecular formula is C20H20Cl2N4OS. The summed E-state index contributed by atoms with van der Waals surface area (Å²) >= 11 is 13.2. The van der Waals surface area contributed by atoms with Crippen LogP contribution in [0.4, 0.5) is 5.82 Å². The van der Waals surface area contributed by atoms with Gasteiger partial charge in [0.05, 0.1) is 21.8 Å². The largest absolute Gasteiger partial charge is 0.470 e. The van der Waals surface area contributed by atoms with Gasteiger partial charge in [0.15, 0.2) is 0 Å². The molecule has 1 aliphatic heterocycles. The smallest absolute Gasteiger partial charge is 0.271 e. The zero-order valence-corrected chi connectivity index (χ0v) is 17.6. The normalized spacial score (nSPS) is 15.0. The van der Waals surface area contributed by atoms with Crippen molar-refractivity contribution in [3.05, 3.63) is 69.7 Å². The van der Waals surface area contributed by atoms with E-state index in [1.165, 1.54) is 17.3 Å². The number of nitrogens with zero attached hydrogens (tertiary/aromatic N) is 4. The first-order valence-corrected chi connectivity index (χ1v) is 10.6. The number of anilines is 1. The molecule has 0 N–H and O–H groups in total. The summed E-state index contributed by atoms with van der Waals surface area (Å²) in [6.45, 7) is 5.13. The molecular weight excluding hydrogens is 415 g/mol. The number of aromatic nitrogens is 2. The van der Waals surface area contributed by atoms with Crippen molar-refractivity contribution in [2.24, 2.45) is 0 Å². The van der Waals surface area contributed by atoms with Crippen LogP contribution in [0, 0.1) is 0 Å². The van der Waals surface area contributed by atoms with Crippen molar-refractivity contribution in [1.82, 2.24) is 13.6 Å². The van der Waals surface area contributed by atoms with E-state index in [9.17, 15) is 0 Å². The number of piperazine rings is 1. The van der Waals surface area contributed by atoms with Crippen LogP contribution in [0.1, 0.15) is 11.1 Å². The summed E-state index contributed by atoms with van der Waals surface area (Å²) in [5, 5.41) is 1.06. The number of ether oxygens (including phenoxy) is 1. The number of hydrogen-bond donors (Lipinski definition) is 0. The minimum atomic E-state index is 0.378. The van der Waals surface area contributed by atoms with Crippen molar-refractivity contribution < 1.29 is 4.74 Å². The van der Waals surface area contributed by atoms with Crippen LogP contribution in [0.15, 0.2) is 48.5 Å². The van der Waals surface area contributed by atoms with Crippen LogP contribution in [0.5, 0.6) is 5.88 Å². The fourth-order valence-electron chi connectivity index (χ4n) is 3.20. The van der Waals surface area contributed by atoms with Gasteiger partial charge in [0, 0.05) is 32.7 Å². The quantitative estimate of drug-likeness (QED) is 0.559. The maximum Gasteiger partial charge on any atom is 0.271 e. The molecule has 0 atom stereocenters. The van der Waals surface area contributed by atoms with Gasteiger partial charge in [-0.2, -0.15) is 4.37 Å². The fraction of sp³-hybridized carbons (Fsp3) is 0.300. The van der Waals surface area contributed by atoms with E-state index in [2.05, 4.69) is 48.9 Å². The second-order valence-electron chi connectivity index (χ2n) is 6.68. The molecule has 1 aromatic heterocycles. The molecule has 4 rings (SSSR count). The number of hydrogen-bond acceptors (Lipinski definition) is 6. The predicted molar refractivity (Wildman–Crippen MR) is 115 cm³/mol. The molecule has 1 fully saturated rings. The molecule has 0 radical (unpaired) electrons. The van der Waals surface area contributed by atoms with Crippen LogP contribution in [0.2, 0.25) is 10.0 Å². The summed E-state index contributed by atoms with van der Waals surface area (Å²) in [5.41, 5.74) is 2.29. The Labute approximate surface area is 178 Å². The van der Waals surface area contributed by atoms with Gasteiger partial charge in [-0.15, -0.1) is 4.37 Å². The summed E-state index contributed by atoms with van der Waals surface area (Å²) < 4.78 is 14.7. The molecule has 0 bridgehead atoms. The maximum atomic E-state index is 6.07. The van der Waals surface area contributed by atoms with Gasteiger partial charge < -0.3 is 9.64 Å². The highest BCUT2D eigenvalue weighted by Crippen LogP contribution is 2.28. The Morgan fingerprint density at radius 3 is 2.43 bits per heavy atom. The Bertz CT molecular complexity index is 914. The number of halogens is 2. The lowest BCUT2D eigenvalue weighted by atomic mass is 10.2. The second kappa shape index (κ2) is 9.09. The van der Waals surface area contributed by atoms with Crippen LogP contribution in [0.3, 0.4) is 0 Å². The molecule has 1 aliphatic rings. The third kappa shape index (κ3) is 4.75. The first kappa shape index (κ1) is 19.5. The van der Waals surface area contributed by atoms with Gasteiger partial charge >= 0.3 is 0 Å². The van der Waals surface area contributed by atoms with E-state index >= 15 is 0 Å². The Morgan fingerprint density at radius 2 is 1.68 bits per heavy atom. The van der Waals surface area contributed by atoms with E-state index in [1.807, 2.05) is 12.1 Å². The lowest BCUT2D eigenvalue weighted by molar-refractivity contribution is 0.247. The minimum Gasteiger partial charge on any atom is -0.470 e. The first-order chi connectivity index (χ1) is 13.7. The minimum absolute atomic E-state index is 0.378. The van der Waals surface area contributed by atoms with Crippen LogP contribution in [0.25, 0.3) is 0 Å². The molecule has 0 unspecified atom stereocenters. The van der Waals surface area contributed by atoms with Crippen molar-refractivity contribution in [2.45, 2.75) is 13.2 Å². The fourth-order valence-corrected chi connectivity index (χ4v) is 4.04. The lowest BCUT2D eigenvalue weighted by Crippen LogP contribution is -2.46. The average Bonchev–Trinajstić information content (AvgIpc) is 3.19. The van der Waals surface area contributed by atoms with Gasteiger partial charge in [0.1, 0.15) is 6.61 Å². The Morgan fingerprint density at radius 1 is 0.893 bits per heavy atom.